The molecule has 18 heavy (non-hydrogen) atoms. The summed E-state index contributed by atoms with van der Waals surface area (Å²) >= 11 is 0. The van der Waals surface area contributed by atoms with Crippen molar-refractivity contribution in [1.29, 1.82) is 5.26 Å². The summed E-state index contributed by atoms with van der Waals surface area (Å²) in [6, 6.07) is 2.20. The summed E-state index contributed by atoms with van der Waals surface area (Å²) in [4.78, 5) is 14.1. The van der Waals surface area contributed by atoms with Crippen LogP contribution in [-0.2, 0) is 4.79 Å². The number of hydrogen-bond donors (Lipinski definition) is 1. The van der Waals surface area contributed by atoms with Crippen LogP contribution in [0.25, 0.3) is 0 Å². The zero-order valence-corrected chi connectivity index (χ0v) is 11.8. The average Bonchev–Trinajstić information content (AvgIpc) is 2.37. The number of rotatable bonds is 5. The second-order valence-corrected chi connectivity index (χ2v) is 5.61. The van der Waals surface area contributed by atoms with Crippen molar-refractivity contribution in [3.05, 3.63) is 0 Å². The highest BCUT2D eigenvalue weighted by Gasteiger charge is 2.26. The Labute approximate surface area is 110 Å². The molecule has 1 saturated heterocycles. The first-order valence-electron chi connectivity index (χ1n) is 6.96. The molecule has 1 heterocycles. The first-order valence-corrected chi connectivity index (χ1v) is 6.96. The summed E-state index contributed by atoms with van der Waals surface area (Å²) in [5.74, 6) is 0.789. The molecule has 1 aliphatic heterocycles. The summed E-state index contributed by atoms with van der Waals surface area (Å²) in [5, 5.41) is 11.9. The molecule has 1 amide bonds. The van der Waals surface area contributed by atoms with Gasteiger partial charge < -0.3 is 5.32 Å². The van der Waals surface area contributed by atoms with Crippen LogP contribution >= 0.6 is 0 Å². The predicted molar refractivity (Wildman–Crippen MR) is 71.8 cm³/mol. The maximum absolute atomic E-state index is 12.0. The maximum atomic E-state index is 12.0. The number of hydrogen-bond acceptors (Lipinski definition) is 3. The molecule has 0 spiro atoms. The van der Waals surface area contributed by atoms with Gasteiger partial charge in [-0.25, -0.2) is 0 Å². The lowest BCUT2D eigenvalue weighted by Crippen LogP contribution is -2.49. The Morgan fingerprint density at radius 3 is 2.83 bits per heavy atom. The minimum Gasteiger partial charge on any atom is -0.355 e. The van der Waals surface area contributed by atoms with E-state index < -0.39 is 0 Å². The molecule has 4 heteroatoms. The van der Waals surface area contributed by atoms with Gasteiger partial charge in [-0.3, -0.25) is 9.69 Å². The van der Waals surface area contributed by atoms with Gasteiger partial charge in [0, 0.05) is 13.1 Å². The number of carbonyl (C=O) groups excluding carboxylic acids is 1. The molecular formula is C14H25N3O. The van der Waals surface area contributed by atoms with Crippen LogP contribution < -0.4 is 5.32 Å². The summed E-state index contributed by atoms with van der Waals surface area (Å²) in [6.07, 6.45) is 3.00. The Hall–Kier alpha value is -1.08. The van der Waals surface area contributed by atoms with Gasteiger partial charge in [-0.2, -0.15) is 5.26 Å². The second-order valence-electron chi connectivity index (χ2n) is 5.61. The maximum Gasteiger partial charge on any atom is 0.237 e. The number of nitrogens with one attached hydrogen (secondary N) is 1. The quantitative estimate of drug-likeness (QED) is 0.810. The van der Waals surface area contributed by atoms with E-state index in [1.165, 1.54) is 0 Å². The van der Waals surface area contributed by atoms with Crippen LogP contribution in [-0.4, -0.2) is 36.5 Å². The van der Waals surface area contributed by atoms with Crippen LogP contribution in [0.2, 0.25) is 0 Å². The van der Waals surface area contributed by atoms with Crippen LogP contribution in [0.1, 0.15) is 40.0 Å². The highest BCUT2D eigenvalue weighted by Crippen LogP contribution is 2.17. The third-order valence-electron chi connectivity index (χ3n) is 3.58. The highest BCUT2D eigenvalue weighted by atomic mass is 16.2. The van der Waals surface area contributed by atoms with Crippen molar-refractivity contribution in [2.24, 2.45) is 11.8 Å². The molecule has 0 aliphatic carbocycles. The molecular weight excluding hydrogens is 226 g/mol. The van der Waals surface area contributed by atoms with Crippen molar-refractivity contribution in [2.75, 3.05) is 19.6 Å². The van der Waals surface area contributed by atoms with Gasteiger partial charge in [-0.05, 0) is 38.6 Å². The molecule has 2 atom stereocenters. The third kappa shape index (κ3) is 4.66. The summed E-state index contributed by atoms with van der Waals surface area (Å²) in [5.41, 5.74) is 0. The van der Waals surface area contributed by atoms with Crippen molar-refractivity contribution in [3.63, 3.8) is 0 Å². The Morgan fingerprint density at radius 1 is 1.50 bits per heavy atom. The van der Waals surface area contributed by atoms with E-state index in [2.05, 4.69) is 30.1 Å². The zero-order chi connectivity index (χ0) is 13.5. The number of carbonyl (C=O) groups is 1. The van der Waals surface area contributed by atoms with E-state index in [1.807, 2.05) is 6.92 Å². The molecule has 4 nitrogen and oxygen atoms in total. The minimum atomic E-state index is -0.117. The number of amides is 1. The van der Waals surface area contributed by atoms with Crippen LogP contribution in [0.15, 0.2) is 0 Å². The molecule has 0 aromatic heterocycles. The minimum absolute atomic E-state index is 0.0877. The molecule has 0 bridgehead atoms. The van der Waals surface area contributed by atoms with Crippen molar-refractivity contribution in [3.8, 4) is 6.07 Å². The molecule has 0 saturated carbocycles. The predicted octanol–water partition coefficient (Wildman–Crippen LogP) is 1.77. The fraction of sp³-hybridized carbons (Fsp3) is 0.857. The van der Waals surface area contributed by atoms with Crippen molar-refractivity contribution < 1.29 is 4.79 Å². The Bertz CT molecular complexity index is 309. The van der Waals surface area contributed by atoms with Crippen molar-refractivity contribution in [1.82, 2.24) is 10.2 Å². The van der Waals surface area contributed by atoms with Crippen LogP contribution in [0, 0.1) is 23.2 Å². The lowest BCUT2D eigenvalue weighted by Gasteiger charge is -2.33. The molecule has 1 N–H and O–H groups in total. The molecule has 2 unspecified atom stereocenters. The zero-order valence-electron chi connectivity index (χ0n) is 11.8. The number of nitrogens with zero attached hydrogens (tertiary/aromatic N) is 2. The number of nitriles is 1. The molecule has 0 aromatic carbocycles. The number of likely N-dealkylation sites (tertiary alicyclic amines) is 1. The average molecular weight is 251 g/mol. The SMILES string of the molecule is CC(C)CCNC(=O)C(C)N1CCCC(C#N)C1. The van der Waals surface area contributed by atoms with E-state index in [0.717, 1.165) is 38.9 Å². The summed E-state index contributed by atoms with van der Waals surface area (Å²) in [6.45, 7) is 8.64. The molecule has 1 aliphatic rings. The van der Waals surface area contributed by atoms with Crippen LogP contribution in [0.3, 0.4) is 0 Å². The third-order valence-corrected chi connectivity index (χ3v) is 3.58. The second kappa shape index (κ2) is 7.38. The van der Waals surface area contributed by atoms with E-state index in [0.29, 0.717) is 5.92 Å². The Kier molecular flexibility index (Phi) is 6.14. The fourth-order valence-corrected chi connectivity index (χ4v) is 2.26. The monoisotopic (exact) mass is 251 g/mol. The van der Waals surface area contributed by atoms with E-state index in [-0.39, 0.29) is 17.9 Å². The fourth-order valence-electron chi connectivity index (χ4n) is 2.26. The van der Waals surface area contributed by atoms with E-state index >= 15 is 0 Å². The number of piperidine rings is 1. The van der Waals surface area contributed by atoms with Gasteiger partial charge in [0.2, 0.25) is 5.91 Å². The smallest absolute Gasteiger partial charge is 0.237 e. The molecule has 1 rings (SSSR count). The van der Waals surface area contributed by atoms with E-state index in [9.17, 15) is 4.79 Å². The largest absolute Gasteiger partial charge is 0.355 e. The standard InChI is InChI=1S/C14H25N3O/c1-11(2)6-7-16-14(18)12(3)17-8-4-5-13(9-15)10-17/h11-13H,4-8,10H2,1-3H3,(H,16,18). The molecule has 0 radical (unpaired) electrons. The van der Waals surface area contributed by atoms with Gasteiger partial charge in [0.15, 0.2) is 0 Å². The molecule has 0 aromatic rings. The first kappa shape index (κ1) is 15.0. The first-order chi connectivity index (χ1) is 8.54. The molecule has 1 fully saturated rings. The van der Waals surface area contributed by atoms with Crippen molar-refractivity contribution in [2.45, 2.75) is 46.1 Å². The summed E-state index contributed by atoms with van der Waals surface area (Å²) in [7, 11) is 0. The topological polar surface area (TPSA) is 56.1 Å². The van der Waals surface area contributed by atoms with Gasteiger partial charge in [0.1, 0.15) is 0 Å². The van der Waals surface area contributed by atoms with Gasteiger partial charge in [0.05, 0.1) is 18.0 Å². The summed E-state index contributed by atoms with van der Waals surface area (Å²) < 4.78 is 0. The normalized spacial score (nSPS) is 22.5. The van der Waals surface area contributed by atoms with Crippen molar-refractivity contribution >= 4 is 5.91 Å². The van der Waals surface area contributed by atoms with Gasteiger partial charge in [-0.1, -0.05) is 13.8 Å². The Morgan fingerprint density at radius 2 is 2.22 bits per heavy atom. The Balaban J connectivity index is 2.36. The lowest BCUT2D eigenvalue weighted by molar-refractivity contribution is -0.126. The van der Waals surface area contributed by atoms with Gasteiger partial charge in [-0.15, -0.1) is 0 Å². The van der Waals surface area contributed by atoms with E-state index in [1.54, 1.807) is 0 Å². The van der Waals surface area contributed by atoms with Crippen LogP contribution in [0.5, 0.6) is 0 Å². The van der Waals surface area contributed by atoms with E-state index in [4.69, 9.17) is 5.26 Å². The molecule has 102 valence electrons. The van der Waals surface area contributed by atoms with Crippen LogP contribution in [0.4, 0.5) is 0 Å². The van der Waals surface area contributed by atoms with Gasteiger partial charge >= 0.3 is 0 Å². The lowest BCUT2D eigenvalue weighted by atomic mass is 9.98. The van der Waals surface area contributed by atoms with Gasteiger partial charge in [0.25, 0.3) is 0 Å². The highest BCUT2D eigenvalue weighted by molar-refractivity contribution is 5.81.